The maximum absolute atomic E-state index is 6.23. The summed E-state index contributed by atoms with van der Waals surface area (Å²) in [5, 5.41) is 6.71. The number of fused-ring (bicyclic) bond motifs is 4. The second kappa shape index (κ2) is 11.2. The number of nitrogens with zero attached hydrogens (tertiary/aromatic N) is 3. The highest BCUT2D eigenvalue weighted by molar-refractivity contribution is 6.16. The van der Waals surface area contributed by atoms with Crippen molar-refractivity contribution in [3.63, 3.8) is 0 Å². The molecular weight excluding hydrogens is 576 g/mol. The van der Waals surface area contributed by atoms with Gasteiger partial charge in [0, 0.05) is 27.3 Å². The number of amidine groups is 2. The first-order chi connectivity index (χ1) is 23.3. The van der Waals surface area contributed by atoms with Crippen molar-refractivity contribution in [3.05, 3.63) is 174 Å². The number of aromatic nitrogens is 1. The van der Waals surface area contributed by atoms with Crippen LogP contribution in [-0.2, 0) is 0 Å². The van der Waals surface area contributed by atoms with Crippen molar-refractivity contribution >= 4 is 44.6 Å². The molecule has 9 rings (SSSR count). The van der Waals surface area contributed by atoms with Crippen LogP contribution in [0.25, 0.3) is 55.2 Å². The summed E-state index contributed by atoms with van der Waals surface area (Å²) >= 11 is 0. The molecule has 3 heterocycles. The molecule has 5 heteroatoms. The highest BCUT2D eigenvalue weighted by Gasteiger charge is 2.21. The number of furan rings is 1. The Kier molecular flexibility index (Phi) is 6.46. The van der Waals surface area contributed by atoms with Crippen LogP contribution >= 0.6 is 0 Å². The molecule has 0 saturated carbocycles. The van der Waals surface area contributed by atoms with Crippen LogP contribution in [0.5, 0.6) is 0 Å². The van der Waals surface area contributed by atoms with Gasteiger partial charge in [-0.2, -0.15) is 0 Å². The normalized spacial score (nSPS) is 14.6. The molecule has 1 aliphatic rings. The average molecular weight is 605 g/mol. The zero-order chi connectivity index (χ0) is 31.2. The third-order valence-electron chi connectivity index (χ3n) is 8.74. The van der Waals surface area contributed by atoms with Crippen LogP contribution in [0.2, 0.25) is 0 Å². The number of nitrogens with one attached hydrogen (secondary N) is 1. The lowest BCUT2D eigenvalue weighted by Gasteiger charge is -2.23. The van der Waals surface area contributed by atoms with Crippen LogP contribution in [0, 0.1) is 0 Å². The van der Waals surface area contributed by atoms with E-state index in [1.165, 1.54) is 5.56 Å². The first-order valence-corrected chi connectivity index (χ1v) is 15.7. The van der Waals surface area contributed by atoms with Gasteiger partial charge in [0.15, 0.2) is 6.17 Å². The molecule has 0 radical (unpaired) electrons. The number of rotatable bonds is 5. The molecule has 6 aromatic carbocycles. The van der Waals surface area contributed by atoms with E-state index in [1.54, 1.807) is 0 Å². The molecule has 1 atom stereocenters. The minimum absolute atomic E-state index is 0.406. The molecule has 0 fully saturated rings. The smallest absolute Gasteiger partial charge is 0.227 e. The van der Waals surface area contributed by atoms with Crippen molar-refractivity contribution in [2.75, 3.05) is 0 Å². The number of para-hydroxylation sites is 1. The van der Waals surface area contributed by atoms with Gasteiger partial charge >= 0.3 is 0 Å². The van der Waals surface area contributed by atoms with E-state index in [0.29, 0.717) is 5.71 Å². The maximum Gasteiger partial charge on any atom is 0.227 e. The topological polar surface area (TPSA) is 62.8 Å². The van der Waals surface area contributed by atoms with E-state index in [2.05, 4.69) is 108 Å². The molecule has 8 aromatic rings. The van der Waals surface area contributed by atoms with E-state index in [-0.39, 0.29) is 0 Å². The molecule has 0 amide bonds. The fourth-order valence-electron chi connectivity index (χ4n) is 6.39. The van der Waals surface area contributed by atoms with Crippen molar-refractivity contribution in [2.45, 2.75) is 6.17 Å². The van der Waals surface area contributed by atoms with Crippen LogP contribution in [-0.4, -0.2) is 16.7 Å². The highest BCUT2D eigenvalue weighted by Crippen LogP contribution is 2.38. The quantitative estimate of drug-likeness (QED) is 0.213. The van der Waals surface area contributed by atoms with E-state index < -0.39 is 6.17 Å². The molecule has 5 nitrogen and oxygen atoms in total. The van der Waals surface area contributed by atoms with Gasteiger partial charge in [-0.1, -0.05) is 133 Å². The van der Waals surface area contributed by atoms with Gasteiger partial charge < -0.3 is 9.73 Å². The molecule has 0 bridgehead atoms. The lowest BCUT2D eigenvalue weighted by Crippen LogP contribution is -2.36. The van der Waals surface area contributed by atoms with Crippen molar-refractivity contribution in [3.8, 4) is 22.3 Å². The fraction of sp³-hybridized carbons (Fsp3) is 0.0238. The molecule has 0 aliphatic carbocycles. The molecule has 0 saturated heterocycles. The molecule has 1 aliphatic heterocycles. The zero-order valence-electron chi connectivity index (χ0n) is 25.3. The Bertz CT molecular complexity index is 2480. The summed E-state index contributed by atoms with van der Waals surface area (Å²) in [4.78, 5) is 15.0. The maximum atomic E-state index is 6.23. The molecule has 2 aromatic heterocycles. The fourth-order valence-corrected chi connectivity index (χ4v) is 6.39. The molecular formula is C42H28N4O. The largest absolute Gasteiger partial charge is 0.438 e. The van der Waals surface area contributed by atoms with Gasteiger partial charge in [0.1, 0.15) is 17.3 Å². The third-order valence-corrected chi connectivity index (χ3v) is 8.74. The SMILES string of the molecule is c1ccc(C2=NC(c3ccc(-c4cccc5oc6nc7ccccc7cc6c45)cc3)N=C(c3cccc(-c4ccccc4)c3)N2)cc1. The van der Waals surface area contributed by atoms with Crippen LogP contribution in [0.1, 0.15) is 22.9 Å². The molecule has 0 spiro atoms. The van der Waals surface area contributed by atoms with Crippen molar-refractivity contribution in [1.29, 1.82) is 0 Å². The van der Waals surface area contributed by atoms with E-state index in [1.807, 2.05) is 54.6 Å². The second-order valence-corrected chi connectivity index (χ2v) is 11.7. The zero-order valence-corrected chi connectivity index (χ0v) is 25.3. The Hall–Kier alpha value is -6.33. The van der Waals surface area contributed by atoms with Gasteiger partial charge in [0.25, 0.3) is 0 Å². The first kappa shape index (κ1) is 27.0. The summed E-state index contributed by atoms with van der Waals surface area (Å²) in [6.07, 6.45) is -0.406. The summed E-state index contributed by atoms with van der Waals surface area (Å²) in [6.45, 7) is 0. The molecule has 222 valence electrons. The van der Waals surface area contributed by atoms with Crippen LogP contribution in [0.3, 0.4) is 0 Å². The number of aliphatic imine (C=N–C) groups is 2. The lowest BCUT2D eigenvalue weighted by atomic mass is 9.98. The summed E-state index contributed by atoms with van der Waals surface area (Å²) in [6, 6.07) is 54.2. The second-order valence-electron chi connectivity index (χ2n) is 11.7. The van der Waals surface area contributed by atoms with Gasteiger partial charge in [0.05, 0.1) is 5.52 Å². The number of benzene rings is 6. The van der Waals surface area contributed by atoms with E-state index in [9.17, 15) is 0 Å². The Morgan fingerprint density at radius 1 is 0.511 bits per heavy atom. The van der Waals surface area contributed by atoms with E-state index in [0.717, 1.165) is 72.3 Å². The molecule has 1 unspecified atom stereocenters. The Labute approximate surface area is 271 Å². The summed E-state index contributed by atoms with van der Waals surface area (Å²) in [7, 11) is 0. The van der Waals surface area contributed by atoms with Crippen molar-refractivity contribution in [2.24, 2.45) is 9.98 Å². The predicted octanol–water partition coefficient (Wildman–Crippen LogP) is 9.96. The number of hydrogen-bond acceptors (Lipinski definition) is 5. The van der Waals surface area contributed by atoms with Gasteiger partial charge in [-0.3, -0.25) is 0 Å². The van der Waals surface area contributed by atoms with Crippen LogP contribution in [0.4, 0.5) is 0 Å². The van der Waals surface area contributed by atoms with Gasteiger partial charge in [-0.05, 0) is 52.1 Å². The van der Waals surface area contributed by atoms with E-state index in [4.69, 9.17) is 19.4 Å². The minimum Gasteiger partial charge on any atom is -0.438 e. The standard InChI is InChI=1S/C42H28N4O/c1-3-11-27(12-4-1)31-16-9-17-33(25-31)41-45-39(29-13-5-2-6-14-29)44-40(46-41)30-23-21-28(22-24-30)34-18-10-20-37-38(34)35-26-32-15-7-8-19-36(32)43-42(35)47-37/h1-26,40H,(H,44,45,46). The number of pyridine rings is 1. The summed E-state index contributed by atoms with van der Waals surface area (Å²) in [5.41, 5.74) is 9.94. The monoisotopic (exact) mass is 604 g/mol. The molecule has 1 N–H and O–H groups in total. The Morgan fingerprint density at radius 2 is 1.17 bits per heavy atom. The summed E-state index contributed by atoms with van der Waals surface area (Å²) < 4.78 is 6.23. The van der Waals surface area contributed by atoms with Gasteiger partial charge in [-0.15, -0.1) is 0 Å². The van der Waals surface area contributed by atoms with Crippen molar-refractivity contribution in [1.82, 2.24) is 10.3 Å². The molecule has 47 heavy (non-hydrogen) atoms. The van der Waals surface area contributed by atoms with Crippen molar-refractivity contribution < 1.29 is 4.42 Å². The highest BCUT2D eigenvalue weighted by atomic mass is 16.3. The third kappa shape index (κ3) is 4.95. The number of hydrogen-bond donors (Lipinski definition) is 1. The van der Waals surface area contributed by atoms with Gasteiger partial charge in [0.2, 0.25) is 5.71 Å². The lowest BCUT2D eigenvalue weighted by molar-refractivity contribution is 0.656. The summed E-state index contributed by atoms with van der Waals surface area (Å²) in [5.74, 6) is 1.59. The first-order valence-electron chi connectivity index (χ1n) is 15.7. The van der Waals surface area contributed by atoms with Crippen LogP contribution < -0.4 is 5.32 Å². The Morgan fingerprint density at radius 3 is 1.98 bits per heavy atom. The Balaban J connectivity index is 1.12. The average Bonchev–Trinajstić information content (AvgIpc) is 3.52. The predicted molar refractivity (Wildman–Crippen MR) is 192 cm³/mol. The van der Waals surface area contributed by atoms with E-state index >= 15 is 0 Å². The van der Waals surface area contributed by atoms with Crippen LogP contribution in [0.15, 0.2) is 172 Å². The van der Waals surface area contributed by atoms with Gasteiger partial charge in [-0.25, -0.2) is 15.0 Å². The minimum atomic E-state index is -0.406.